The summed E-state index contributed by atoms with van der Waals surface area (Å²) in [5.74, 6) is 1.44. The third-order valence-electron chi connectivity index (χ3n) is 2.53. The molecule has 0 aromatic heterocycles. The number of methoxy groups -OCH3 is 1. The molecular formula is C12H14O2. The summed E-state index contributed by atoms with van der Waals surface area (Å²) < 4.78 is 11.0. The van der Waals surface area contributed by atoms with Gasteiger partial charge in [-0.25, -0.2) is 0 Å². The summed E-state index contributed by atoms with van der Waals surface area (Å²) in [7, 11) is 1.64. The summed E-state index contributed by atoms with van der Waals surface area (Å²) in [5, 5.41) is 0. The number of allylic oxidation sites excluding steroid dienone is 2. The molecule has 2 aliphatic carbocycles. The van der Waals surface area contributed by atoms with Gasteiger partial charge in [0.05, 0.1) is 13.2 Å². The molecule has 0 atom stereocenters. The molecule has 0 N–H and O–H groups in total. The Kier molecular flexibility index (Phi) is 2.78. The maximum Gasteiger partial charge on any atom is 0.213 e. The van der Waals surface area contributed by atoms with Crippen molar-refractivity contribution in [2.24, 2.45) is 0 Å². The quantitative estimate of drug-likeness (QED) is 0.637. The lowest BCUT2D eigenvalue weighted by Crippen LogP contribution is -2.09. The molecular weight excluding hydrogens is 176 g/mol. The number of rotatable bonds is 3. The summed E-state index contributed by atoms with van der Waals surface area (Å²) in [5.41, 5.74) is 5.82. The lowest BCUT2D eigenvalue weighted by Gasteiger charge is -2.16. The van der Waals surface area contributed by atoms with E-state index in [-0.39, 0.29) is 0 Å². The fraction of sp³-hybridized carbons (Fsp3) is 0.500. The molecule has 14 heavy (non-hydrogen) atoms. The number of hydrogen-bond acceptors (Lipinski definition) is 2. The summed E-state index contributed by atoms with van der Waals surface area (Å²) in [4.78, 5) is 0. The van der Waals surface area contributed by atoms with Gasteiger partial charge in [-0.1, -0.05) is 5.73 Å². The van der Waals surface area contributed by atoms with Crippen molar-refractivity contribution >= 4 is 0 Å². The van der Waals surface area contributed by atoms with E-state index < -0.39 is 0 Å². The minimum absolute atomic E-state index is 0.343. The van der Waals surface area contributed by atoms with Crippen LogP contribution >= 0.6 is 0 Å². The zero-order chi connectivity index (χ0) is 9.80. The average Bonchev–Trinajstić information content (AvgIpc) is 2.71. The Balaban J connectivity index is 2.05. The van der Waals surface area contributed by atoms with Crippen molar-refractivity contribution in [3.63, 3.8) is 0 Å². The first-order valence-corrected chi connectivity index (χ1v) is 5.03. The van der Waals surface area contributed by atoms with Crippen LogP contribution in [0, 0.1) is 0 Å². The van der Waals surface area contributed by atoms with Gasteiger partial charge in [0.2, 0.25) is 5.76 Å². The first-order valence-electron chi connectivity index (χ1n) is 5.03. The van der Waals surface area contributed by atoms with Gasteiger partial charge in [0.25, 0.3) is 0 Å². The Labute approximate surface area is 84.2 Å². The van der Waals surface area contributed by atoms with Crippen LogP contribution in [0.5, 0.6) is 0 Å². The SMILES string of the molecule is COC1=CC=C=C=C1OC1CCCC1. The first-order chi connectivity index (χ1) is 6.90. The topological polar surface area (TPSA) is 18.5 Å². The predicted octanol–water partition coefficient (Wildman–Crippen LogP) is 2.68. The lowest BCUT2D eigenvalue weighted by atomic mass is 10.3. The van der Waals surface area contributed by atoms with E-state index in [4.69, 9.17) is 9.47 Å². The van der Waals surface area contributed by atoms with Crippen molar-refractivity contribution in [1.82, 2.24) is 0 Å². The molecule has 2 heteroatoms. The Bertz CT molecular complexity index is 333. The summed E-state index contributed by atoms with van der Waals surface area (Å²) in [6, 6.07) is 0. The van der Waals surface area contributed by atoms with Gasteiger partial charge in [-0.3, -0.25) is 0 Å². The van der Waals surface area contributed by atoms with Crippen molar-refractivity contribution in [2.75, 3.05) is 7.11 Å². The van der Waals surface area contributed by atoms with Crippen molar-refractivity contribution in [1.29, 1.82) is 0 Å². The maximum atomic E-state index is 5.79. The standard InChI is InChI=1S/C12H14O2/c1-13-11-8-4-5-9-12(11)14-10-6-2-3-7-10/h4,8,10H,2-3,6-7H2,1H3. The summed E-state index contributed by atoms with van der Waals surface area (Å²) >= 11 is 0. The van der Waals surface area contributed by atoms with Gasteiger partial charge in [0.15, 0.2) is 5.76 Å². The molecule has 0 heterocycles. The van der Waals surface area contributed by atoms with E-state index in [1.54, 1.807) is 13.2 Å². The fourth-order valence-electron chi connectivity index (χ4n) is 1.78. The Morgan fingerprint density at radius 2 is 2.14 bits per heavy atom. The van der Waals surface area contributed by atoms with Gasteiger partial charge in [0.1, 0.15) is 0 Å². The van der Waals surface area contributed by atoms with Crippen molar-refractivity contribution in [3.8, 4) is 0 Å². The van der Waals surface area contributed by atoms with Crippen LogP contribution in [0.2, 0.25) is 0 Å². The monoisotopic (exact) mass is 190 g/mol. The highest BCUT2D eigenvalue weighted by Crippen LogP contribution is 2.25. The van der Waals surface area contributed by atoms with Gasteiger partial charge in [0, 0.05) is 0 Å². The van der Waals surface area contributed by atoms with Crippen molar-refractivity contribution in [3.05, 3.63) is 35.1 Å². The predicted molar refractivity (Wildman–Crippen MR) is 53.5 cm³/mol. The smallest absolute Gasteiger partial charge is 0.213 e. The van der Waals surface area contributed by atoms with Gasteiger partial charge in [-0.05, 0) is 43.6 Å². The molecule has 0 aliphatic heterocycles. The van der Waals surface area contributed by atoms with Crippen LogP contribution in [-0.2, 0) is 9.47 Å². The highest BCUT2D eigenvalue weighted by atomic mass is 16.5. The highest BCUT2D eigenvalue weighted by molar-refractivity contribution is 5.27. The van der Waals surface area contributed by atoms with E-state index in [1.807, 2.05) is 6.08 Å². The van der Waals surface area contributed by atoms with Crippen LogP contribution in [0.1, 0.15) is 25.7 Å². The molecule has 0 aromatic carbocycles. The average molecular weight is 190 g/mol. The molecule has 1 fully saturated rings. The van der Waals surface area contributed by atoms with Gasteiger partial charge >= 0.3 is 0 Å². The highest BCUT2D eigenvalue weighted by Gasteiger charge is 2.19. The molecule has 0 spiro atoms. The van der Waals surface area contributed by atoms with Crippen LogP contribution in [-0.4, -0.2) is 13.2 Å². The fourth-order valence-corrected chi connectivity index (χ4v) is 1.78. The second-order valence-electron chi connectivity index (χ2n) is 3.52. The van der Waals surface area contributed by atoms with E-state index >= 15 is 0 Å². The molecule has 2 rings (SSSR count). The van der Waals surface area contributed by atoms with E-state index in [0.717, 1.165) is 18.6 Å². The van der Waals surface area contributed by atoms with Crippen molar-refractivity contribution in [2.45, 2.75) is 31.8 Å². The zero-order valence-electron chi connectivity index (χ0n) is 8.38. The summed E-state index contributed by atoms with van der Waals surface area (Å²) in [6.45, 7) is 0. The van der Waals surface area contributed by atoms with Crippen LogP contribution in [0.25, 0.3) is 0 Å². The normalized spacial score (nSPS) is 20.6. The lowest BCUT2D eigenvalue weighted by molar-refractivity contribution is 0.107. The molecule has 1 saturated carbocycles. The van der Waals surface area contributed by atoms with Crippen LogP contribution in [0.15, 0.2) is 35.1 Å². The van der Waals surface area contributed by atoms with Crippen LogP contribution in [0.4, 0.5) is 0 Å². The van der Waals surface area contributed by atoms with E-state index in [1.165, 1.54) is 12.8 Å². The molecule has 2 aliphatic rings. The Hall–Kier alpha value is -1.36. The van der Waals surface area contributed by atoms with E-state index in [9.17, 15) is 0 Å². The maximum absolute atomic E-state index is 5.79. The molecule has 74 valence electrons. The second-order valence-corrected chi connectivity index (χ2v) is 3.52. The molecule has 0 saturated heterocycles. The third kappa shape index (κ3) is 1.93. The van der Waals surface area contributed by atoms with Gasteiger partial charge < -0.3 is 9.47 Å². The van der Waals surface area contributed by atoms with E-state index in [0.29, 0.717) is 11.9 Å². The van der Waals surface area contributed by atoms with Gasteiger partial charge in [-0.2, -0.15) is 0 Å². The summed E-state index contributed by atoms with van der Waals surface area (Å²) in [6.07, 6.45) is 8.79. The second kappa shape index (κ2) is 4.23. The number of hydrogen-bond donors (Lipinski definition) is 0. The molecule has 0 amide bonds. The molecule has 0 aromatic rings. The van der Waals surface area contributed by atoms with Gasteiger partial charge in [-0.15, -0.1) is 0 Å². The van der Waals surface area contributed by atoms with Crippen LogP contribution in [0.3, 0.4) is 0 Å². The third-order valence-corrected chi connectivity index (χ3v) is 2.53. The zero-order valence-corrected chi connectivity index (χ0v) is 8.38. The molecule has 2 nitrogen and oxygen atoms in total. The largest absolute Gasteiger partial charge is 0.492 e. The van der Waals surface area contributed by atoms with Crippen molar-refractivity contribution < 1.29 is 9.47 Å². The minimum Gasteiger partial charge on any atom is -0.492 e. The molecule has 0 bridgehead atoms. The number of ether oxygens (including phenoxy) is 2. The van der Waals surface area contributed by atoms with E-state index in [2.05, 4.69) is 11.5 Å². The minimum atomic E-state index is 0.343. The molecule has 0 unspecified atom stereocenters. The first kappa shape index (κ1) is 9.21. The Morgan fingerprint density at radius 1 is 1.36 bits per heavy atom. The molecule has 0 radical (unpaired) electrons. The Morgan fingerprint density at radius 3 is 2.86 bits per heavy atom. The van der Waals surface area contributed by atoms with Crippen LogP contribution < -0.4 is 0 Å².